The summed E-state index contributed by atoms with van der Waals surface area (Å²) >= 11 is 0. The zero-order valence-electron chi connectivity index (χ0n) is 7.67. The third kappa shape index (κ3) is 1420. The Morgan fingerprint density at radius 3 is 1.07 bits per heavy atom. The van der Waals surface area contributed by atoms with Crippen LogP contribution in [0.3, 0.4) is 0 Å². The summed E-state index contributed by atoms with van der Waals surface area (Å²) in [6.45, 7) is 1.89. The van der Waals surface area contributed by atoms with Crippen LogP contribution in [0.15, 0.2) is 0 Å². The summed E-state index contributed by atoms with van der Waals surface area (Å²) in [5.41, 5.74) is 4.57. The Kier molecular flexibility index (Phi) is 29.3. The Bertz CT molecular complexity index is 152. The van der Waals surface area contributed by atoms with E-state index < -0.39 is 17.9 Å². The van der Waals surface area contributed by atoms with E-state index in [2.05, 4.69) is 5.73 Å². The minimum atomic E-state index is -0.968. The molecule has 0 radical (unpaired) electrons. The van der Waals surface area contributed by atoms with E-state index in [0.717, 1.165) is 13.8 Å². The molecule has 0 aliphatic rings. The van der Waals surface area contributed by atoms with Gasteiger partial charge in [-0.25, -0.2) is 0 Å². The molecule has 8 heteroatoms. The Labute approximate surface area is 90.8 Å². The van der Waals surface area contributed by atoms with E-state index in [0.29, 0.717) is 0 Å². The molecule has 0 aromatic carbocycles. The normalized spacial score (nSPS) is 6.21. The van der Waals surface area contributed by atoms with Crippen molar-refractivity contribution in [2.24, 2.45) is 5.73 Å². The summed E-state index contributed by atoms with van der Waals surface area (Å²) < 4.78 is 0. The van der Waals surface area contributed by atoms with Gasteiger partial charge in [0, 0.05) is 30.3 Å². The van der Waals surface area contributed by atoms with Crippen LogP contribution in [0.1, 0.15) is 13.8 Å². The van der Waals surface area contributed by atoms with Gasteiger partial charge in [-0.3, -0.25) is 14.4 Å². The molecule has 0 saturated carbocycles. The number of hydrogen-bond acceptors (Lipinski definition) is 4. The van der Waals surface area contributed by atoms with Gasteiger partial charge in [-0.2, -0.15) is 0 Å². The second kappa shape index (κ2) is 17.8. The van der Waals surface area contributed by atoms with Gasteiger partial charge < -0.3 is 21.1 Å². The summed E-state index contributed by atoms with van der Waals surface area (Å²) in [6, 6.07) is 0. The molecule has 0 aromatic rings. The molecule has 0 heterocycles. The van der Waals surface area contributed by atoms with Gasteiger partial charge in [-0.05, 0) is 0 Å². The van der Waals surface area contributed by atoms with Gasteiger partial charge in [0.05, 0.1) is 6.54 Å². The third-order valence-electron chi connectivity index (χ3n) is 0.175. The Morgan fingerprint density at radius 1 is 1.00 bits per heavy atom. The van der Waals surface area contributed by atoms with Crippen molar-refractivity contribution < 1.29 is 46.2 Å². The van der Waals surface area contributed by atoms with Crippen LogP contribution < -0.4 is 5.73 Å². The van der Waals surface area contributed by atoms with Crippen LogP contribution >= 0.6 is 0 Å². The Hall–Kier alpha value is -1.14. The molecule has 0 rings (SSSR count). The summed E-state index contributed by atoms with van der Waals surface area (Å²) in [6.07, 6.45) is 0. The molecular weight excluding hydrogens is 241 g/mol. The van der Waals surface area contributed by atoms with Crippen molar-refractivity contribution >= 4 is 17.9 Å². The van der Waals surface area contributed by atoms with Crippen molar-refractivity contribution in [1.82, 2.24) is 0 Å². The van der Waals surface area contributed by atoms with Gasteiger partial charge in [0.15, 0.2) is 0 Å². The van der Waals surface area contributed by atoms with E-state index in [1.165, 1.54) is 0 Å². The molecule has 14 heavy (non-hydrogen) atoms. The Balaban J connectivity index is -0.0000000522. The summed E-state index contributed by atoms with van der Waals surface area (Å²) in [7, 11) is 0. The van der Waals surface area contributed by atoms with Gasteiger partial charge in [0.2, 0.25) is 0 Å². The van der Waals surface area contributed by atoms with Gasteiger partial charge >= 0.3 is 5.97 Å². The first-order valence-corrected chi connectivity index (χ1v) is 3.04. The average molecular weight is 254 g/mol. The number of carboxylic acid groups (broad SMARTS) is 3. The average Bonchev–Trinajstić information content (AvgIpc) is 1.84. The molecule has 0 aliphatic carbocycles. The van der Waals surface area contributed by atoms with Crippen molar-refractivity contribution in [2.45, 2.75) is 13.8 Å². The Morgan fingerprint density at radius 2 is 1.07 bits per heavy atom. The first-order chi connectivity index (χ1) is 5.73. The first-order valence-electron chi connectivity index (χ1n) is 3.04. The van der Waals surface area contributed by atoms with Crippen LogP contribution in [-0.2, 0) is 30.9 Å². The van der Waals surface area contributed by atoms with E-state index in [9.17, 15) is 4.79 Å². The molecule has 0 fully saturated rings. The molecule has 0 atom stereocenters. The molecule has 0 unspecified atom stereocenters. The number of carbonyl (C=O) groups is 3. The van der Waals surface area contributed by atoms with Crippen molar-refractivity contribution in [3.05, 3.63) is 0 Å². The molecule has 0 spiro atoms. The molecular formula is C6H13NNiO6. The second-order valence-electron chi connectivity index (χ2n) is 1.64. The number of nitrogens with two attached hydrogens (primary N) is 1. The summed E-state index contributed by atoms with van der Waals surface area (Å²) in [4.78, 5) is 27.2. The van der Waals surface area contributed by atoms with Gasteiger partial charge in [0.1, 0.15) is 0 Å². The minimum Gasteiger partial charge on any atom is -0.481 e. The monoisotopic (exact) mass is 253 g/mol. The topological polar surface area (TPSA) is 138 Å². The maximum Gasteiger partial charge on any atom is 0.317 e. The smallest absolute Gasteiger partial charge is 0.317 e. The van der Waals surface area contributed by atoms with Crippen LogP contribution in [0.2, 0.25) is 0 Å². The van der Waals surface area contributed by atoms with E-state index >= 15 is 0 Å². The fraction of sp³-hybridized carbons (Fsp3) is 0.500. The fourth-order valence-corrected chi connectivity index (χ4v) is 0. The molecule has 0 saturated heterocycles. The van der Waals surface area contributed by atoms with Crippen LogP contribution in [0.5, 0.6) is 0 Å². The minimum absolute atomic E-state index is 0. The SMILES string of the molecule is CC(=O)O.CC(=O)O.NCC(=O)O.[Ni]. The third-order valence-corrected chi connectivity index (χ3v) is 0.175. The van der Waals surface area contributed by atoms with Crippen LogP contribution in [0.4, 0.5) is 0 Å². The summed E-state index contributed by atoms with van der Waals surface area (Å²) in [5.74, 6) is -2.63. The number of carboxylic acids is 3. The zero-order chi connectivity index (χ0) is 11.4. The predicted molar refractivity (Wildman–Crippen MR) is 43.3 cm³/mol. The fourth-order valence-electron chi connectivity index (χ4n) is 0. The van der Waals surface area contributed by atoms with E-state index in [1.54, 1.807) is 0 Å². The second-order valence-corrected chi connectivity index (χ2v) is 1.64. The molecule has 0 aliphatic heterocycles. The summed E-state index contributed by atoms with van der Waals surface area (Å²) in [5, 5.41) is 22.4. The molecule has 88 valence electrons. The standard InChI is InChI=1S/C2H5NO2.2C2H4O2.Ni/c3-1-2(4)5;2*1-2(3)4;/h1,3H2,(H,4,5);2*1H3,(H,3,4);. The van der Waals surface area contributed by atoms with Gasteiger partial charge in [0.25, 0.3) is 11.9 Å². The first kappa shape index (κ1) is 23.0. The molecule has 7 nitrogen and oxygen atoms in total. The van der Waals surface area contributed by atoms with Crippen molar-refractivity contribution in [3.63, 3.8) is 0 Å². The van der Waals surface area contributed by atoms with Crippen molar-refractivity contribution in [2.75, 3.05) is 6.54 Å². The number of hydrogen-bond donors (Lipinski definition) is 4. The quantitative estimate of drug-likeness (QED) is 0.449. The van der Waals surface area contributed by atoms with E-state index in [1.807, 2.05) is 0 Å². The molecule has 0 amide bonds. The van der Waals surface area contributed by atoms with Crippen LogP contribution in [-0.4, -0.2) is 39.8 Å². The van der Waals surface area contributed by atoms with Crippen LogP contribution in [0, 0.1) is 0 Å². The van der Waals surface area contributed by atoms with E-state index in [4.69, 9.17) is 24.9 Å². The number of rotatable bonds is 1. The molecule has 0 aromatic heterocycles. The maximum absolute atomic E-state index is 9.24. The maximum atomic E-state index is 9.24. The van der Waals surface area contributed by atoms with Gasteiger partial charge in [-0.1, -0.05) is 0 Å². The van der Waals surface area contributed by atoms with Gasteiger partial charge in [-0.15, -0.1) is 0 Å². The van der Waals surface area contributed by atoms with Crippen LogP contribution in [0.25, 0.3) is 0 Å². The van der Waals surface area contributed by atoms with Crippen molar-refractivity contribution in [1.29, 1.82) is 0 Å². The zero-order valence-corrected chi connectivity index (χ0v) is 8.65. The molecule has 5 N–H and O–H groups in total. The van der Waals surface area contributed by atoms with E-state index in [-0.39, 0.29) is 23.0 Å². The largest absolute Gasteiger partial charge is 0.481 e. The predicted octanol–water partition coefficient (Wildman–Crippen LogP) is -0.791. The number of aliphatic carboxylic acids is 3. The van der Waals surface area contributed by atoms with Crippen molar-refractivity contribution in [3.8, 4) is 0 Å². The molecule has 0 bridgehead atoms.